The normalized spacial score (nSPS) is 28.2. The molecule has 88 valence electrons. The fourth-order valence-corrected chi connectivity index (χ4v) is 2.34. The van der Waals surface area contributed by atoms with Gasteiger partial charge in [-0.05, 0) is 13.8 Å². The highest BCUT2D eigenvalue weighted by molar-refractivity contribution is 5.67. The van der Waals surface area contributed by atoms with E-state index in [4.69, 9.17) is 5.11 Å². The lowest BCUT2D eigenvalue weighted by molar-refractivity contribution is -0.138. The van der Waals surface area contributed by atoms with Crippen LogP contribution in [0.25, 0.3) is 0 Å². The molecule has 0 saturated heterocycles. The van der Waals surface area contributed by atoms with E-state index in [1.165, 1.54) is 6.07 Å². The van der Waals surface area contributed by atoms with Crippen LogP contribution in [0.15, 0.2) is 10.9 Å². The number of fused-ring (bicyclic) bond motifs is 1. The third-order valence-electron chi connectivity index (χ3n) is 3.21. The Labute approximate surface area is 92.3 Å². The van der Waals surface area contributed by atoms with Gasteiger partial charge in [0.25, 0.3) is 5.56 Å². The van der Waals surface area contributed by atoms with E-state index in [2.05, 4.69) is 10.4 Å². The molecule has 6 heteroatoms. The molecule has 0 unspecified atom stereocenters. The first-order chi connectivity index (χ1) is 7.49. The number of aromatic amines is 1. The minimum absolute atomic E-state index is 0.0231. The summed E-state index contributed by atoms with van der Waals surface area (Å²) in [6.45, 7) is 3.86. The van der Waals surface area contributed by atoms with Gasteiger partial charge in [0.2, 0.25) is 0 Å². The Bertz CT molecular complexity index is 462. The number of hydrogen-bond acceptors (Lipinski definition) is 3. The van der Waals surface area contributed by atoms with Crippen molar-refractivity contribution in [3.8, 4) is 0 Å². The average molecular weight is 225 g/mol. The lowest BCUT2D eigenvalue weighted by Crippen LogP contribution is -2.39. The van der Waals surface area contributed by atoms with Gasteiger partial charge in [0.05, 0.1) is 12.5 Å². The average Bonchev–Trinajstić information content (AvgIpc) is 2.53. The Morgan fingerprint density at radius 2 is 2.25 bits per heavy atom. The Balaban J connectivity index is 2.33. The first kappa shape index (κ1) is 10.8. The van der Waals surface area contributed by atoms with Crippen LogP contribution >= 0.6 is 0 Å². The Hall–Kier alpha value is -1.72. The van der Waals surface area contributed by atoms with E-state index in [0.717, 1.165) is 5.82 Å². The third kappa shape index (κ3) is 1.70. The molecule has 2 rings (SSSR count). The quantitative estimate of drug-likeness (QED) is 0.689. The van der Waals surface area contributed by atoms with Gasteiger partial charge in [-0.3, -0.25) is 19.4 Å². The van der Waals surface area contributed by atoms with E-state index in [0.29, 0.717) is 0 Å². The number of rotatable bonds is 2. The van der Waals surface area contributed by atoms with E-state index in [-0.39, 0.29) is 30.0 Å². The minimum atomic E-state index is -0.816. The summed E-state index contributed by atoms with van der Waals surface area (Å²) in [5.41, 5.74) is -0.169. The van der Waals surface area contributed by atoms with Gasteiger partial charge < -0.3 is 10.4 Å². The van der Waals surface area contributed by atoms with Crippen LogP contribution in [0, 0.1) is 5.92 Å². The number of nitrogens with one attached hydrogen (secondary N) is 2. The zero-order valence-electron chi connectivity index (χ0n) is 9.23. The Kier molecular flexibility index (Phi) is 2.49. The summed E-state index contributed by atoms with van der Waals surface area (Å²) in [7, 11) is 0. The van der Waals surface area contributed by atoms with E-state index < -0.39 is 5.97 Å². The van der Waals surface area contributed by atoms with Crippen LogP contribution in [0.1, 0.15) is 26.3 Å². The molecule has 3 atom stereocenters. The zero-order valence-corrected chi connectivity index (χ0v) is 9.23. The number of aliphatic carboxylic acids is 1. The first-order valence-electron chi connectivity index (χ1n) is 5.29. The second-order valence-electron chi connectivity index (χ2n) is 4.31. The van der Waals surface area contributed by atoms with Crippen molar-refractivity contribution in [3.05, 3.63) is 16.4 Å². The molecule has 2 heterocycles. The van der Waals surface area contributed by atoms with Gasteiger partial charge in [0.15, 0.2) is 0 Å². The molecule has 0 fully saturated rings. The van der Waals surface area contributed by atoms with E-state index >= 15 is 0 Å². The van der Waals surface area contributed by atoms with Crippen molar-refractivity contribution in [2.75, 3.05) is 5.32 Å². The number of carboxylic acids is 1. The summed E-state index contributed by atoms with van der Waals surface area (Å²) >= 11 is 0. The van der Waals surface area contributed by atoms with Gasteiger partial charge in [-0.15, -0.1) is 0 Å². The maximum Gasteiger partial charge on any atom is 0.303 e. The van der Waals surface area contributed by atoms with Crippen LogP contribution < -0.4 is 10.9 Å². The van der Waals surface area contributed by atoms with Crippen molar-refractivity contribution < 1.29 is 9.90 Å². The second-order valence-corrected chi connectivity index (χ2v) is 4.31. The molecule has 1 aromatic rings. The lowest BCUT2D eigenvalue weighted by Gasteiger charge is -2.36. The second kappa shape index (κ2) is 3.70. The number of aromatic nitrogens is 2. The molecule has 0 aromatic carbocycles. The molecule has 3 N–H and O–H groups in total. The fourth-order valence-electron chi connectivity index (χ4n) is 2.34. The van der Waals surface area contributed by atoms with E-state index in [9.17, 15) is 9.59 Å². The molecule has 16 heavy (non-hydrogen) atoms. The predicted octanol–water partition coefficient (Wildman–Crippen LogP) is 0.642. The van der Waals surface area contributed by atoms with Crippen LogP contribution in [0.2, 0.25) is 0 Å². The molecule has 0 aliphatic carbocycles. The SMILES string of the molecule is C[C@@H]1Nc2cc(=O)[nH]n2[C@@H](C)[C@H]1CC(=O)O. The third-order valence-corrected chi connectivity index (χ3v) is 3.21. The largest absolute Gasteiger partial charge is 0.481 e. The first-order valence-corrected chi connectivity index (χ1v) is 5.29. The lowest BCUT2D eigenvalue weighted by atomic mass is 9.89. The van der Waals surface area contributed by atoms with Gasteiger partial charge in [-0.2, -0.15) is 0 Å². The molecule has 1 aliphatic rings. The number of nitrogens with zero attached hydrogens (tertiary/aromatic N) is 1. The highest BCUT2D eigenvalue weighted by Crippen LogP contribution is 2.32. The molecule has 1 aliphatic heterocycles. The summed E-state index contributed by atoms with van der Waals surface area (Å²) in [5, 5.41) is 14.7. The maximum absolute atomic E-state index is 11.2. The highest BCUT2D eigenvalue weighted by atomic mass is 16.4. The molecule has 0 bridgehead atoms. The molecular weight excluding hydrogens is 210 g/mol. The summed E-state index contributed by atoms with van der Waals surface area (Å²) in [4.78, 5) is 22.0. The van der Waals surface area contributed by atoms with Gasteiger partial charge in [0, 0.05) is 18.0 Å². The smallest absolute Gasteiger partial charge is 0.303 e. The zero-order chi connectivity index (χ0) is 11.9. The van der Waals surface area contributed by atoms with Crippen molar-refractivity contribution in [1.82, 2.24) is 9.78 Å². The minimum Gasteiger partial charge on any atom is -0.481 e. The van der Waals surface area contributed by atoms with Crippen molar-refractivity contribution in [3.63, 3.8) is 0 Å². The van der Waals surface area contributed by atoms with Gasteiger partial charge >= 0.3 is 5.97 Å². The molecule has 1 aromatic heterocycles. The van der Waals surface area contributed by atoms with Gasteiger partial charge in [-0.25, -0.2) is 0 Å². The molecule has 0 amide bonds. The summed E-state index contributed by atoms with van der Waals surface area (Å²) < 4.78 is 1.70. The van der Waals surface area contributed by atoms with Crippen molar-refractivity contribution in [2.24, 2.45) is 5.92 Å². The number of hydrogen-bond donors (Lipinski definition) is 3. The van der Waals surface area contributed by atoms with Crippen molar-refractivity contribution >= 4 is 11.8 Å². The van der Waals surface area contributed by atoms with E-state index in [1.807, 2.05) is 13.8 Å². The van der Waals surface area contributed by atoms with E-state index in [1.54, 1.807) is 4.68 Å². The molecule has 0 spiro atoms. The number of anilines is 1. The summed E-state index contributed by atoms with van der Waals surface area (Å²) in [6, 6.07) is 1.51. The Morgan fingerprint density at radius 1 is 1.56 bits per heavy atom. The topological polar surface area (TPSA) is 87.1 Å². The Morgan fingerprint density at radius 3 is 2.88 bits per heavy atom. The van der Waals surface area contributed by atoms with Crippen LogP contribution in [-0.2, 0) is 4.79 Å². The van der Waals surface area contributed by atoms with Crippen LogP contribution in [0.3, 0.4) is 0 Å². The highest BCUT2D eigenvalue weighted by Gasteiger charge is 2.33. The standard InChI is InChI=1S/C10H15N3O3/c1-5-7(3-10(15)16)6(2)13-8(11-5)4-9(14)12-13/h4-7,11H,3H2,1-2H3,(H,12,14)(H,15,16)/t5-,6-,7-/m0/s1. The summed E-state index contributed by atoms with van der Waals surface area (Å²) in [6.07, 6.45) is 0.0922. The number of carbonyl (C=O) groups is 1. The van der Waals surface area contributed by atoms with Gasteiger partial charge in [0.1, 0.15) is 5.82 Å². The van der Waals surface area contributed by atoms with Crippen LogP contribution in [-0.4, -0.2) is 26.9 Å². The number of H-pyrrole nitrogens is 1. The molecule has 0 saturated carbocycles. The predicted molar refractivity (Wildman–Crippen MR) is 58.6 cm³/mol. The maximum atomic E-state index is 11.2. The van der Waals surface area contributed by atoms with Crippen LogP contribution in [0.4, 0.5) is 5.82 Å². The molecule has 6 nitrogen and oxygen atoms in total. The van der Waals surface area contributed by atoms with Crippen molar-refractivity contribution in [2.45, 2.75) is 32.4 Å². The van der Waals surface area contributed by atoms with Crippen molar-refractivity contribution in [1.29, 1.82) is 0 Å². The molecular formula is C10H15N3O3. The molecule has 0 radical (unpaired) electrons. The fraction of sp³-hybridized carbons (Fsp3) is 0.600. The summed E-state index contributed by atoms with van der Waals surface area (Å²) in [5.74, 6) is -0.122. The number of carboxylic acid groups (broad SMARTS) is 1. The van der Waals surface area contributed by atoms with Gasteiger partial charge in [-0.1, -0.05) is 0 Å². The van der Waals surface area contributed by atoms with Crippen LogP contribution in [0.5, 0.6) is 0 Å². The monoisotopic (exact) mass is 225 g/mol.